The lowest BCUT2D eigenvalue weighted by molar-refractivity contribution is -0.143. The third kappa shape index (κ3) is 6.85. The lowest BCUT2D eigenvalue weighted by Gasteiger charge is -2.30. The summed E-state index contributed by atoms with van der Waals surface area (Å²) in [6.07, 6.45) is -8.99. The third-order valence-corrected chi connectivity index (χ3v) is 6.14. The summed E-state index contributed by atoms with van der Waals surface area (Å²) in [4.78, 5) is 26.7. The van der Waals surface area contributed by atoms with Crippen LogP contribution >= 0.6 is 0 Å². The number of amides is 2. The van der Waals surface area contributed by atoms with Crippen molar-refractivity contribution in [2.24, 2.45) is 0 Å². The molecule has 0 saturated heterocycles. The van der Waals surface area contributed by atoms with Crippen LogP contribution in [0.4, 0.5) is 37.7 Å². The van der Waals surface area contributed by atoms with Crippen LogP contribution in [-0.2, 0) is 17.1 Å². The van der Waals surface area contributed by atoms with Crippen molar-refractivity contribution >= 4 is 23.2 Å². The summed E-state index contributed by atoms with van der Waals surface area (Å²) >= 11 is 0. The fraction of sp³-hybridized carbons (Fsp3) is 0.286. The highest BCUT2D eigenvalue weighted by molar-refractivity contribution is 6.05. The molecule has 40 heavy (non-hydrogen) atoms. The maximum atomic E-state index is 13.2. The standard InChI is InChI=1S/C28H24F6N2O4/c1-17-6-2-3-7-23(17)39-11-5-4-10-36-22-15-21(8-9-24(22)40-16-25(36)37)35-26(38)18-12-19(27(29,30)31)14-20(13-18)28(32,33)34/h2-3,6-9,12-15H,4-5,10-11,16H2,1H3,(H,35,38). The molecule has 0 aromatic heterocycles. The normalized spacial score (nSPS) is 13.5. The van der Waals surface area contributed by atoms with Gasteiger partial charge >= 0.3 is 12.4 Å². The summed E-state index contributed by atoms with van der Waals surface area (Å²) in [6, 6.07) is 12.4. The van der Waals surface area contributed by atoms with E-state index in [0.29, 0.717) is 49.6 Å². The van der Waals surface area contributed by atoms with Crippen molar-refractivity contribution in [2.45, 2.75) is 32.1 Å². The van der Waals surface area contributed by atoms with Gasteiger partial charge in [0.15, 0.2) is 6.61 Å². The number of anilines is 2. The van der Waals surface area contributed by atoms with Crippen molar-refractivity contribution in [3.05, 3.63) is 82.9 Å². The highest BCUT2D eigenvalue weighted by atomic mass is 19.4. The van der Waals surface area contributed by atoms with Gasteiger partial charge in [-0.15, -0.1) is 0 Å². The number of hydrogen-bond donors (Lipinski definition) is 1. The summed E-state index contributed by atoms with van der Waals surface area (Å²) in [5, 5.41) is 2.31. The Labute approximate surface area is 225 Å². The molecule has 0 unspecified atom stereocenters. The summed E-state index contributed by atoms with van der Waals surface area (Å²) in [6.45, 7) is 2.44. The number of aryl methyl sites for hydroxylation is 1. The van der Waals surface area contributed by atoms with Crippen molar-refractivity contribution in [3.63, 3.8) is 0 Å². The summed E-state index contributed by atoms with van der Waals surface area (Å²) < 4.78 is 90.4. The minimum Gasteiger partial charge on any atom is -0.493 e. The Morgan fingerprint density at radius 3 is 2.27 bits per heavy atom. The Hall–Kier alpha value is -4.22. The van der Waals surface area contributed by atoms with Crippen molar-refractivity contribution in [1.29, 1.82) is 0 Å². The van der Waals surface area contributed by atoms with Crippen LogP contribution in [0.25, 0.3) is 0 Å². The number of alkyl halides is 6. The lowest BCUT2D eigenvalue weighted by atomic mass is 10.0. The van der Waals surface area contributed by atoms with E-state index < -0.39 is 35.0 Å². The number of ether oxygens (including phenoxy) is 2. The number of hydrogen-bond acceptors (Lipinski definition) is 4. The summed E-state index contributed by atoms with van der Waals surface area (Å²) in [5.41, 5.74) is -2.66. The lowest BCUT2D eigenvalue weighted by Crippen LogP contribution is -2.39. The molecule has 212 valence electrons. The second-order valence-corrected chi connectivity index (χ2v) is 9.09. The van der Waals surface area contributed by atoms with Gasteiger partial charge in [-0.25, -0.2) is 0 Å². The monoisotopic (exact) mass is 566 g/mol. The van der Waals surface area contributed by atoms with Gasteiger partial charge in [-0.3, -0.25) is 9.59 Å². The molecule has 3 aromatic rings. The zero-order valence-corrected chi connectivity index (χ0v) is 21.2. The first-order valence-electron chi connectivity index (χ1n) is 12.2. The van der Waals surface area contributed by atoms with E-state index in [2.05, 4.69) is 5.32 Å². The number of benzene rings is 3. The summed E-state index contributed by atoms with van der Waals surface area (Å²) in [7, 11) is 0. The Bertz CT molecular complexity index is 1370. The topological polar surface area (TPSA) is 67.9 Å². The molecule has 0 saturated carbocycles. The third-order valence-electron chi connectivity index (χ3n) is 6.14. The largest absolute Gasteiger partial charge is 0.493 e. The number of carbonyl (C=O) groups excluding carboxylic acids is 2. The van der Waals surface area contributed by atoms with Crippen LogP contribution in [0.1, 0.15) is 39.9 Å². The maximum Gasteiger partial charge on any atom is 0.416 e. The smallest absolute Gasteiger partial charge is 0.416 e. The number of nitrogens with one attached hydrogen (secondary N) is 1. The van der Waals surface area contributed by atoms with Gasteiger partial charge in [-0.1, -0.05) is 18.2 Å². The van der Waals surface area contributed by atoms with Crippen molar-refractivity contribution in [3.8, 4) is 11.5 Å². The first kappa shape index (κ1) is 28.8. The van der Waals surface area contributed by atoms with Gasteiger partial charge in [-0.2, -0.15) is 26.3 Å². The number of halogens is 6. The van der Waals surface area contributed by atoms with E-state index in [1.54, 1.807) is 0 Å². The quantitative estimate of drug-likeness (QED) is 0.239. The highest BCUT2D eigenvalue weighted by Gasteiger charge is 2.37. The Morgan fingerprint density at radius 2 is 1.62 bits per heavy atom. The number of carbonyl (C=O) groups is 2. The second kappa shape index (κ2) is 11.5. The molecule has 2 amide bonds. The van der Waals surface area contributed by atoms with Crippen molar-refractivity contribution in [1.82, 2.24) is 0 Å². The molecule has 6 nitrogen and oxygen atoms in total. The summed E-state index contributed by atoms with van der Waals surface area (Å²) in [5.74, 6) is -0.422. The zero-order valence-electron chi connectivity index (χ0n) is 21.2. The highest BCUT2D eigenvalue weighted by Crippen LogP contribution is 2.37. The molecular weight excluding hydrogens is 542 g/mol. The van der Waals surface area contributed by atoms with Gasteiger partial charge in [0.25, 0.3) is 11.8 Å². The molecule has 1 aliphatic heterocycles. The average Bonchev–Trinajstić information content (AvgIpc) is 2.89. The molecule has 1 aliphatic rings. The van der Waals surface area contributed by atoms with Crippen LogP contribution < -0.4 is 19.7 Å². The minimum absolute atomic E-state index is 0.0530. The van der Waals surface area contributed by atoms with E-state index in [0.717, 1.165) is 11.3 Å². The zero-order chi connectivity index (χ0) is 29.1. The van der Waals surface area contributed by atoms with Crippen LogP contribution in [-0.4, -0.2) is 31.6 Å². The number of para-hydroxylation sites is 1. The average molecular weight is 566 g/mol. The van der Waals surface area contributed by atoms with Gasteiger partial charge in [0.1, 0.15) is 11.5 Å². The van der Waals surface area contributed by atoms with Crippen LogP contribution in [0.15, 0.2) is 60.7 Å². The first-order chi connectivity index (χ1) is 18.8. The fourth-order valence-electron chi connectivity index (χ4n) is 4.09. The Morgan fingerprint density at radius 1 is 0.950 bits per heavy atom. The number of rotatable bonds is 8. The van der Waals surface area contributed by atoms with Gasteiger partial charge in [-0.05, 0) is 67.8 Å². The molecule has 1 heterocycles. The fourth-order valence-corrected chi connectivity index (χ4v) is 4.09. The van der Waals surface area contributed by atoms with E-state index in [4.69, 9.17) is 9.47 Å². The second-order valence-electron chi connectivity index (χ2n) is 9.09. The number of fused-ring (bicyclic) bond motifs is 1. The van der Waals surface area contributed by atoms with E-state index in [-0.39, 0.29) is 24.3 Å². The molecule has 0 radical (unpaired) electrons. The minimum atomic E-state index is -5.09. The molecule has 3 aromatic carbocycles. The van der Waals surface area contributed by atoms with E-state index in [1.807, 2.05) is 31.2 Å². The van der Waals surface area contributed by atoms with Crippen LogP contribution in [0, 0.1) is 6.92 Å². The van der Waals surface area contributed by atoms with Crippen LogP contribution in [0.2, 0.25) is 0 Å². The SMILES string of the molecule is Cc1ccccc1OCCCCN1C(=O)COc2ccc(NC(=O)c3cc(C(F)(F)F)cc(C(F)(F)F)c3)cc21. The van der Waals surface area contributed by atoms with E-state index >= 15 is 0 Å². The van der Waals surface area contributed by atoms with Crippen LogP contribution in [0.5, 0.6) is 11.5 Å². The van der Waals surface area contributed by atoms with E-state index in [9.17, 15) is 35.9 Å². The van der Waals surface area contributed by atoms with Gasteiger partial charge in [0.2, 0.25) is 0 Å². The molecule has 12 heteroatoms. The number of nitrogens with zero attached hydrogens (tertiary/aromatic N) is 1. The number of unbranched alkanes of at least 4 members (excludes halogenated alkanes) is 1. The Kier molecular flexibility index (Phi) is 8.26. The van der Waals surface area contributed by atoms with Crippen molar-refractivity contribution < 1.29 is 45.4 Å². The molecule has 0 atom stereocenters. The molecular formula is C28H24F6N2O4. The molecule has 0 spiro atoms. The predicted octanol–water partition coefficient (Wildman–Crippen LogP) is 6.87. The van der Waals surface area contributed by atoms with Crippen molar-refractivity contribution in [2.75, 3.05) is 30.0 Å². The molecule has 1 N–H and O–H groups in total. The van der Waals surface area contributed by atoms with E-state index in [1.165, 1.54) is 23.1 Å². The van der Waals surface area contributed by atoms with Crippen LogP contribution in [0.3, 0.4) is 0 Å². The van der Waals surface area contributed by atoms with Gasteiger partial charge < -0.3 is 19.7 Å². The molecule has 4 rings (SSSR count). The first-order valence-corrected chi connectivity index (χ1v) is 12.2. The maximum absolute atomic E-state index is 13.2. The predicted molar refractivity (Wildman–Crippen MR) is 135 cm³/mol. The van der Waals surface area contributed by atoms with Gasteiger partial charge in [0, 0.05) is 17.8 Å². The molecule has 0 fully saturated rings. The molecule has 0 bridgehead atoms. The van der Waals surface area contributed by atoms with Gasteiger partial charge in [0.05, 0.1) is 23.4 Å². The molecule has 0 aliphatic carbocycles. The Balaban J connectivity index is 1.47.